The minimum atomic E-state index is -0.262. The topological polar surface area (TPSA) is 62.7 Å². The summed E-state index contributed by atoms with van der Waals surface area (Å²) < 4.78 is 2.16. The number of hydrogen-bond donors (Lipinski definition) is 2. The highest BCUT2D eigenvalue weighted by molar-refractivity contribution is 9.10. The molecule has 0 unspecified atom stereocenters. The van der Waals surface area contributed by atoms with Gasteiger partial charge in [-0.2, -0.15) is 5.10 Å². The van der Waals surface area contributed by atoms with Crippen LogP contribution in [-0.2, 0) is 0 Å². The summed E-state index contributed by atoms with van der Waals surface area (Å²) in [5.41, 5.74) is 3.33. The fourth-order valence-corrected chi connectivity index (χ4v) is 1.29. The molecule has 2 aromatic heterocycles. The lowest BCUT2D eigenvalue weighted by atomic mass is 10.5. The molecular weight excluding hydrogens is 248 g/mol. The summed E-state index contributed by atoms with van der Waals surface area (Å²) in [6.07, 6.45) is 5.19. The molecule has 6 heteroatoms. The van der Waals surface area contributed by atoms with E-state index in [0.29, 0.717) is 10.2 Å². The molecule has 0 saturated heterocycles. The second kappa shape index (κ2) is 3.67. The van der Waals surface area contributed by atoms with Gasteiger partial charge in [0.1, 0.15) is 4.47 Å². The summed E-state index contributed by atoms with van der Waals surface area (Å²) in [4.78, 5) is 11.2. The van der Waals surface area contributed by atoms with Crippen LogP contribution in [0.5, 0.6) is 0 Å². The van der Waals surface area contributed by atoms with Crippen LogP contribution in [0.3, 0.4) is 0 Å². The maximum atomic E-state index is 11.2. The molecule has 0 aliphatic heterocycles. The molecule has 0 fully saturated rings. The zero-order valence-electron chi connectivity index (χ0n) is 7.07. The van der Waals surface area contributed by atoms with E-state index in [2.05, 4.69) is 31.6 Å². The van der Waals surface area contributed by atoms with Crippen molar-refractivity contribution in [2.45, 2.75) is 0 Å². The largest absolute Gasteiger partial charge is 0.292 e. The first kappa shape index (κ1) is 9.01. The van der Waals surface area contributed by atoms with E-state index >= 15 is 0 Å². The summed E-state index contributed by atoms with van der Waals surface area (Å²) in [7, 11) is 0. The van der Waals surface area contributed by atoms with Crippen molar-refractivity contribution in [1.29, 1.82) is 0 Å². The molecule has 2 rings (SSSR count). The van der Waals surface area contributed by atoms with Crippen molar-refractivity contribution in [3.05, 3.63) is 45.5 Å². The number of nitrogens with one attached hydrogen (secondary N) is 2. The Bertz CT molecular complexity index is 476. The first-order chi connectivity index (χ1) is 6.77. The molecule has 0 spiro atoms. The minimum Gasteiger partial charge on any atom is -0.292 e. The summed E-state index contributed by atoms with van der Waals surface area (Å²) in [6, 6.07) is 3.75. The highest BCUT2D eigenvalue weighted by atomic mass is 79.9. The fourth-order valence-electron chi connectivity index (χ4n) is 1.01. The van der Waals surface area contributed by atoms with Gasteiger partial charge in [0.2, 0.25) is 0 Å². The van der Waals surface area contributed by atoms with Gasteiger partial charge >= 0.3 is 0 Å². The van der Waals surface area contributed by atoms with Gasteiger partial charge in [0.05, 0.1) is 11.9 Å². The standard InChI is InChI=1S/C8H7BrN4O/c9-7-6(5-10-11-8(7)14)12-13-3-1-2-4-13/h1-5H,(H2,11,12,14). The summed E-state index contributed by atoms with van der Waals surface area (Å²) in [6.45, 7) is 0. The van der Waals surface area contributed by atoms with Crippen LogP contribution in [0.15, 0.2) is 40.0 Å². The van der Waals surface area contributed by atoms with Gasteiger partial charge in [-0.25, -0.2) is 5.10 Å². The number of H-pyrrole nitrogens is 1. The molecule has 0 bridgehead atoms. The van der Waals surface area contributed by atoms with E-state index in [1.165, 1.54) is 6.20 Å². The molecule has 0 amide bonds. The molecule has 0 aliphatic carbocycles. The third-order valence-corrected chi connectivity index (χ3v) is 2.44. The van der Waals surface area contributed by atoms with Crippen LogP contribution in [0.2, 0.25) is 0 Å². The lowest BCUT2D eigenvalue weighted by Crippen LogP contribution is -2.14. The van der Waals surface area contributed by atoms with Gasteiger partial charge in [-0.1, -0.05) is 0 Å². The van der Waals surface area contributed by atoms with Gasteiger partial charge in [-0.05, 0) is 28.1 Å². The number of halogens is 1. The highest BCUT2D eigenvalue weighted by Gasteiger charge is 2.03. The minimum absolute atomic E-state index is 0.262. The fraction of sp³-hybridized carbons (Fsp3) is 0. The summed E-state index contributed by atoms with van der Waals surface area (Å²) in [5.74, 6) is 0. The first-order valence-electron chi connectivity index (χ1n) is 3.90. The Kier molecular flexibility index (Phi) is 2.36. The zero-order valence-corrected chi connectivity index (χ0v) is 8.65. The highest BCUT2D eigenvalue weighted by Crippen LogP contribution is 2.15. The molecule has 14 heavy (non-hydrogen) atoms. The first-order valence-corrected chi connectivity index (χ1v) is 4.70. The molecule has 72 valence electrons. The van der Waals surface area contributed by atoms with Crippen molar-refractivity contribution >= 4 is 21.6 Å². The monoisotopic (exact) mass is 254 g/mol. The molecule has 5 nitrogen and oxygen atoms in total. The molecule has 0 saturated carbocycles. The lowest BCUT2D eigenvalue weighted by Gasteiger charge is -2.07. The number of anilines is 1. The van der Waals surface area contributed by atoms with Crippen LogP contribution in [0.4, 0.5) is 5.69 Å². The smallest absolute Gasteiger partial charge is 0.280 e. The van der Waals surface area contributed by atoms with E-state index in [-0.39, 0.29) is 5.56 Å². The Hall–Kier alpha value is -1.56. The Morgan fingerprint density at radius 2 is 2.14 bits per heavy atom. The van der Waals surface area contributed by atoms with E-state index in [1.807, 2.05) is 24.5 Å². The number of aromatic amines is 1. The maximum absolute atomic E-state index is 11.2. The summed E-state index contributed by atoms with van der Waals surface area (Å²) >= 11 is 3.17. The van der Waals surface area contributed by atoms with Gasteiger partial charge in [0.15, 0.2) is 0 Å². The number of hydrogen-bond acceptors (Lipinski definition) is 3. The lowest BCUT2D eigenvalue weighted by molar-refractivity contribution is 0.930. The van der Waals surface area contributed by atoms with Crippen molar-refractivity contribution in [2.75, 3.05) is 5.43 Å². The van der Waals surface area contributed by atoms with Crippen molar-refractivity contribution in [2.24, 2.45) is 0 Å². The molecule has 0 aliphatic rings. The second-order valence-electron chi connectivity index (χ2n) is 2.63. The summed E-state index contributed by atoms with van der Waals surface area (Å²) in [5, 5.41) is 6.00. The van der Waals surface area contributed by atoms with E-state index in [4.69, 9.17) is 0 Å². The average Bonchev–Trinajstić information content (AvgIpc) is 2.66. The molecule has 2 aromatic rings. The van der Waals surface area contributed by atoms with E-state index in [9.17, 15) is 4.79 Å². The number of rotatable bonds is 2. The Morgan fingerprint density at radius 3 is 2.86 bits per heavy atom. The predicted molar refractivity (Wildman–Crippen MR) is 56.0 cm³/mol. The third kappa shape index (κ3) is 1.69. The van der Waals surface area contributed by atoms with Crippen LogP contribution >= 0.6 is 15.9 Å². The van der Waals surface area contributed by atoms with E-state index in [0.717, 1.165) is 0 Å². The molecular formula is C8H7BrN4O. The van der Waals surface area contributed by atoms with Crippen LogP contribution in [0, 0.1) is 0 Å². The molecule has 0 aromatic carbocycles. The third-order valence-electron chi connectivity index (χ3n) is 1.65. The van der Waals surface area contributed by atoms with Gasteiger partial charge in [-0.3, -0.25) is 14.9 Å². The predicted octanol–water partition coefficient (Wildman–Crippen LogP) is 1.21. The van der Waals surface area contributed by atoms with Gasteiger partial charge in [0, 0.05) is 12.4 Å². The Labute approximate surface area is 87.9 Å². The average molecular weight is 255 g/mol. The second-order valence-corrected chi connectivity index (χ2v) is 3.42. The number of nitrogens with zero attached hydrogens (tertiary/aromatic N) is 2. The van der Waals surface area contributed by atoms with E-state index < -0.39 is 0 Å². The van der Waals surface area contributed by atoms with Gasteiger partial charge < -0.3 is 0 Å². The molecule has 2 heterocycles. The van der Waals surface area contributed by atoms with Crippen LogP contribution in [0.1, 0.15) is 0 Å². The quantitative estimate of drug-likeness (QED) is 0.847. The maximum Gasteiger partial charge on any atom is 0.280 e. The van der Waals surface area contributed by atoms with Gasteiger partial charge in [-0.15, -0.1) is 0 Å². The molecule has 0 atom stereocenters. The van der Waals surface area contributed by atoms with Crippen molar-refractivity contribution in [1.82, 2.24) is 14.9 Å². The SMILES string of the molecule is O=c1[nH]ncc(Nn2cccc2)c1Br. The van der Waals surface area contributed by atoms with Crippen LogP contribution < -0.4 is 11.0 Å². The molecule has 0 radical (unpaired) electrons. The van der Waals surface area contributed by atoms with E-state index in [1.54, 1.807) is 4.68 Å². The normalized spacial score (nSPS) is 10.1. The van der Waals surface area contributed by atoms with Crippen molar-refractivity contribution < 1.29 is 0 Å². The van der Waals surface area contributed by atoms with Gasteiger partial charge in [0.25, 0.3) is 5.56 Å². The van der Waals surface area contributed by atoms with Crippen molar-refractivity contribution in [3.63, 3.8) is 0 Å². The zero-order chi connectivity index (χ0) is 9.97. The molecule has 2 N–H and O–H groups in total. The van der Waals surface area contributed by atoms with Crippen LogP contribution in [0.25, 0.3) is 0 Å². The van der Waals surface area contributed by atoms with Crippen LogP contribution in [-0.4, -0.2) is 14.9 Å². The Morgan fingerprint density at radius 1 is 1.43 bits per heavy atom. The number of aromatic nitrogens is 3. The van der Waals surface area contributed by atoms with Crippen molar-refractivity contribution in [3.8, 4) is 0 Å². The Balaban J connectivity index is 2.34.